The minimum Gasteiger partial charge on any atom is -0.348 e. The molecule has 3 rings (SSSR count). The number of rotatable bonds is 4. The zero-order valence-electron chi connectivity index (χ0n) is 13.0. The molecule has 0 aromatic heterocycles. The summed E-state index contributed by atoms with van der Waals surface area (Å²) < 4.78 is 25.4. The molecule has 0 amide bonds. The van der Waals surface area contributed by atoms with Crippen LogP contribution in [0.2, 0.25) is 0 Å². The summed E-state index contributed by atoms with van der Waals surface area (Å²) in [6.45, 7) is 5.19. The van der Waals surface area contributed by atoms with Crippen molar-refractivity contribution < 1.29 is 13.9 Å². The lowest BCUT2D eigenvalue weighted by atomic mass is 9.75. The van der Waals surface area contributed by atoms with Gasteiger partial charge in [-0.15, -0.1) is 6.58 Å². The normalized spacial score (nSPS) is 32.6. The summed E-state index contributed by atoms with van der Waals surface area (Å²) in [5.41, 5.74) is 0.510. The molecular weight excluding hydrogens is 279 g/mol. The average molecular weight is 304 g/mol. The number of halogens is 1. The van der Waals surface area contributed by atoms with Crippen LogP contribution in [-0.4, -0.2) is 13.2 Å². The van der Waals surface area contributed by atoms with E-state index in [0.717, 1.165) is 12.3 Å². The van der Waals surface area contributed by atoms with E-state index in [-0.39, 0.29) is 5.82 Å². The molecule has 0 atom stereocenters. The number of ether oxygens (including phenoxy) is 2. The average Bonchev–Trinajstić information content (AvgIpc) is 2.57. The first-order valence-corrected chi connectivity index (χ1v) is 8.36. The fourth-order valence-electron chi connectivity index (χ4n) is 3.77. The molecule has 1 saturated carbocycles. The van der Waals surface area contributed by atoms with Crippen LogP contribution in [0.25, 0.3) is 0 Å². The number of benzene rings is 1. The van der Waals surface area contributed by atoms with Crippen LogP contribution < -0.4 is 0 Å². The van der Waals surface area contributed by atoms with Crippen molar-refractivity contribution in [2.45, 2.75) is 38.4 Å². The summed E-state index contributed by atoms with van der Waals surface area (Å²) in [7, 11) is 0. The molecule has 0 radical (unpaired) electrons. The van der Waals surface area contributed by atoms with Crippen LogP contribution in [0.5, 0.6) is 0 Å². The van der Waals surface area contributed by atoms with Crippen molar-refractivity contribution in [1.29, 1.82) is 0 Å². The molecular formula is C19H25FO2. The summed E-state index contributed by atoms with van der Waals surface area (Å²) >= 11 is 0. The zero-order valence-corrected chi connectivity index (χ0v) is 13.0. The first-order chi connectivity index (χ1) is 10.8. The van der Waals surface area contributed by atoms with Crippen LogP contribution in [0.15, 0.2) is 36.9 Å². The summed E-state index contributed by atoms with van der Waals surface area (Å²) in [4.78, 5) is 0. The molecule has 2 fully saturated rings. The molecule has 2 aliphatic rings. The van der Waals surface area contributed by atoms with Gasteiger partial charge in [0.05, 0.1) is 13.2 Å². The molecule has 1 heterocycles. The predicted molar refractivity (Wildman–Crippen MR) is 84.8 cm³/mol. The Balaban J connectivity index is 1.50. The largest absolute Gasteiger partial charge is 0.348 e. The van der Waals surface area contributed by atoms with E-state index in [1.165, 1.54) is 31.7 Å². The summed E-state index contributed by atoms with van der Waals surface area (Å²) in [5.74, 6) is 1.69. The molecule has 1 aliphatic carbocycles. The van der Waals surface area contributed by atoms with Crippen molar-refractivity contribution in [2.24, 2.45) is 17.8 Å². The third-order valence-electron chi connectivity index (χ3n) is 5.14. The third kappa shape index (κ3) is 3.58. The lowest BCUT2D eigenvalue weighted by Gasteiger charge is -2.37. The maximum atomic E-state index is 13.8. The topological polar surface area (TPSA) is 18.5 Å². The lowest BCUT2D eigenvalue weighted by Crippen LogP contribution is -2.34. The highest BCUT2D eigenvalue weighted by Gasteiger charge is 2.32. The molecule has 120 valence electrons. The third-order valence-corrected chi connectivity index (χ3v) is 5.14. The predicted octanol–water partition coefficient (Wildman–Crippen LogP) is 4.87. The van der Waals surface area contributed by atoms with Crippen LogP contribution in [0.4, 0.5) is 4.39 Å². The van der Waals surface area contributed by atoms with Gasteiger partial charge in [0.15, 0.2) is 6.29 Å². The summed E-state index contributed by atoms with van der Waals surface area (Å²) in [6.07, 6.45) is 7.69. The number of hydrogen-bond acceptors (Lipinski definition) is 2. The van der Waals surface area contributed by atoms with E-state index in [4.69, 9.17) is 9.47 Å². The quantitative estimate of drug-likeness (QED) is 0.739. The molecule has 0 bridgehead atoms. The number of hydrogen-bond donors (Lipinski definition) is 0. The molecule has 1 aromatic rings. The van der Waals surface area contributed by atoms with Crippen molar-refractivity contribution in [2.75, 3.05) is 13.2 Å². The van der Waals surface area contributed by atoms with E-state index in [2.05, 4.69) is 6.58 Å². The van der Waals surface area contributed by atoms with E-state index in [0.29, 0.717) is 30.6 Å². The van der Waals surface area contributed by atoms with Gasteiger partial charge in [-0.3, -0.25) is 0 Å². The second kappa shape index (κ2) is 7.38. The first-order valence-electron chi connectivity index (χ1n) is 8.36. The fraction of sp³-hybridized carbons (Fsp3) is 0.579. The van der Waals surface area contributed by atoms with E-state index in [1.807, 2.05) is 12.1 Å². The van der Waals surface area contributed by atoms with Gasteiger partial charge >= 0.3 is 0 Å². The maximum absolute atomic E-state index is 13.8. The van der Waals surface area contributed by atoms with E-state index in [9.17, 15) is 4.39 Å². The summed E-state index contributed by atoms with van der Waals surface area (Å²) in [5, 5.41) is 0. The van der Waals surface area contributed by atoms with Crippen molar-refractivity contribution in [1.82, 2.24) is 0 Å². The monoisotopic (exact) mass is 304 g/mol. The van der Waals surface area contributed by atoms with Crippen molar-refractivity contribution in [3.8, 4) is 0 Å². The minimum absolute atomic E-state index is 0.254. The number of allylic oxidation sites excluding steroid dienone is 1. The maximum Gasteiger partial charge on any atom is 0.186 e. The second-order valence-corrected chi connectivity index (χ2v) is 6.59. The molecule has 0 unspecified atom stereocenters. The van der Waals surface area contributed by atoms with Gasteiger partial charge in [-0.25, -0.2) is 4.39 Å². The van der Waals surface area contributed by atoms with Gasteiger partial charge in [0.2, 0.25) is 0 Å². The van der Waals surface area contributed by atoms with Gasteiger partial charge in [-0.2, -0.15) is 0 Å². The van der Waals surface area contributed by atoms with Gasteiger partial charge in [-0.05, 0) is 50.0 Å². The van der Waals surface area contributed by atoms with Crippen LogP contribution in [0, 0.1) is 23.6 Å². The Hall–Kier alpha value is -1.19. The minimum atomic E-state index is -0.547. The Bertz CT molecular complexity index is 486. The second-order valence-electron chi connectivity index (χ2n) is 6.59. The van der Waals surface area contributed by atoms with Crippen LogP contribution in [-0.2, 0) is 9.47 Å². The molecule has 0 spiro atoms. The highest BCUT2D eigenvalue weighted by molar-refractivity contribution is 5.18. The van der Waals surface area contributed by atoms with E-state index < -0.39 is 6.29 Å². The molecule has 3 heteroatoms. The van der Waals surface area contributed by atoms with Gasteiger partial charge < -0.3 is 9.47 Å². The molecule has 22 heavy (non-hydrogen) atoms. The summed E-state index contributed by atoms with van der Waals surface area (Å²) in [6, 6.07) is 6.69. The van der Waals surface area contributed by atoms with Gasteiger partial charge in [0, 0.05) is 11.5 Å². The van der Waals surface area contributed by atoms with E-state index >= 15 is 0 Å². The molecule has 0 N–H and O–H groups in total. The first kappa shape index (κ1) is 15.7. The van der Waals surface area contributed by atoms with Gasteiger partial charge in [-0.1, -0.05) is 24.3 Å². The van der Waals surface area contributed by atoms with Crippen molar-refractivity contribution in [3.63, 3.8) is 0 Å². The van der Waals surface area contributed by atoms with Crippen LogP contribution >= 0.6 is 0 Å². The van der Waals surface area contributed by atoms with Gasteiger partial charge in [0.1, 0.15) is 5.82 Å². The Morgan fingerprint density at radius 2 is 1.73 bits per heavy atom. The Morgan fingerprint density at radius 3 is 2.36 bits per heavy atom. The standard InChI is InChI=1S/C19H25FO2/c1-2-5-14-8-10-15(11-9-14)16-12-21-19(22-13-16)17-6-3-4-7-18(17)20/h2-4,6-7,14-16,19H,1,5,8-13H2/t14-,15-,16-,19-. The Kier molecular flexibility index (Phi) is 5.27. The van der Waals surface area contributed by atoms with Crippen molar-refractivity contribution >= 4 is 0 Å². The fourth-order valence-corrected chi connectivity index (χ4v) is 3.77. The van der Waals surface area contributed by atoms with Crippen LogP contribution in [0.1, 0.15) is 44.0 Å². The van der Waals surface area contributed by atoms with Crippen LogP contribution in [0.3, 0.4) is 0 Å². The molecule has 2 nitrogen and oxygen atoms in total. The molecule has 1 saturated heterocycles. The Morgan fingerprint density at radius 1 is 1.05 bits per heavy atom. The lowest BCUT2D eigenvalue weighted by molar-refractivity contribution is -0.215. The SMILES string of the molecule is C=CC[C@H]1CC[C@H]([C@H]2CO[C@H](c3ccccc3F)OC2)CC1. The molecule has 1 aromatic carbocycles. The smallest absolute Gasteiger partial charge is 0.186 e. The van der Waals surface area contributed by atoms with E-state index in [1.54, 1.807) is 12.1 Å². The van der Waals surface area contributed by atoms with Crippen molar-refractivity contribution in [3.05, 3.63) is 48.3 Å². The Labute approximate surface area is 132 Å². The molecule has 1 aliphatic heterocycles. The van der Waals surface area contributed by atoms with Gasteiger partial charge in [0.25, 0.3) is 0 Å². The highest BCUT2D eigenvalue weighted by atomic mass is 19.1. The zero-order chi connectivity index (χ0) is 15.4. The highest BCUT2D eigenvalue weighted by Crippen LogP contribution is 2.38.